The number of hydrogen-bond acceptors (Lipinski definition) is 2. The largest absolute Gasteiger partial charge is 0.375 e. The first-order chi connectivity index (χ1) is 6.77. The Morgan fingerprint density at radius 1 is 1.43 bits per heavy atom. The minimum Gasteiger partial charge on any atom is -0.375 e. The lowest BCUT2D eigenvalue weighted by Gasteiger charge is -2.29. The number of ether oxygens (including phenoxy) is 1. The van der Waals surface area contributed by atoms with Gasteiger partial charge in [-0.2, -0.15) is 0 Å². The van der Waals surface area contributed by atoms with Crippen molar-refractivity contribution in [3.05, 3.63) is 34.9 Å². The Balaban J connectivity index is 2.12. The van der Waals surface area contributed by atoms with E-state index in [2.05, 4.69) is 12.2 Å². The van der Waals surface area contributed by atoms with Gasteiger partial charge in [0.2, 0.25) is 0 Å². The van der Waals surface area contributed by atoms with Gasteiger partial charge in [0.05, 0.1) is 18.8 Å². The maximum atomic E-state index is 6.10. The molecule has 0 aromatic heterocycles. The fourth-order valence-corrected chi connectivity index (χ4v) is 1.91. The standard InChI is InChI=1S/C11H14ClNO/c1-8-6-13-11(7-14-8)9-4-2-3-5-10(9)12/h2-5,8,11,13H,6-7H2,1H3/t8-,11+/m1/s1. The highest BCUT2D eigenvalue weighted by atomic mass is 35.5. The molecule has 1 heterocycles. The minimum atomic E-state index is 0.236. The van der Waals surface area contributed by atoms with Gasteiger partial charge in [-0.05, 0) is 18.6 Å². The van der Waals surface area contributed by atoms with E-state index in [0.29, 0.717) is 12.7 Å². The number of halogens is 1. The smallest absolute Gasteiger partial charge is 0.0672 e. The summed E-state index contributed by atoms with van der Waals surface area (Å²) >= 11 is 6.10. The predicted octanol–water partition coefficient (Wildman–Crippen LogP) is 2.39. The molecule has 1 aliphatic rings. The highest BCUT2D eigenvalue weighted by Gasteiger charge is 2.20. The quantitative estimate of drug-likeness (QED) is 0.770. The molecule has 0 spiro atoms. The van der Waals surface area contributed by atoms with Crippen LogP contribution in [0.15, 0.2) is 24.3 Å². The average Bonchev–Trinajstić information content (AvgIpc) is 2.20. The van der Waals surface area contributed by atoms with Crippen LogP contribution in [0.2, 0.25) is 5.02 Å². The normalized spacial score (nSPS) is 27.6. The maximum absolute atomic E-state index is 6.10. The van der Waals surface area contributed by atoms with Crippen molar-refractivity contribution in [2.24, 2.45) is 0 Å². The maximum Gasteiger partial charge on any atom is 0.0672 e. The fraction of sp³-hybridized carbons (Fsp3) is 0.455. The number of benzene rings is 1. The molecule has 1 aromatic carbocycles. The molecular formula is C11H14ClNO. The third-order valence-electron chi connectivity index (χ3n) is 2.48. The molecule has 1 saturated heterocycles. The van der Waals surface area contributed by atoms with Gasteiger partial charge in [-0.3, -0.25) is 0 Å². The second-order valence-corrected chi connectivity index (χ2v) is 4.03. The Bertz CT molecular complexity index is 308. The third-order valence-corrected chi connectivity index (χ3v) is 2.82. The number of nitrogens with one attached hydrogen (secondary N) is 1. The van der Waals surface area contributed by atoms with E-state index in [0.717, 1.165) is 17.1 Å². The third kappa shape index (κ3) is 2.08. The summed E-state index contributed by atoms with van der Waals surface area (Å²) in [5.74, 6) is 0. The van der Waals surface area contributed by atoms with E-state index in [4.69, 9.17) is 16.3 Å². The summed E-state index contributed by atoms with van der Waals surface area (Å²) in [5, 5.41) is 4.23. The molecule has 0 unspecified atom stereocenters. The summed E-state index contributed by atoms with van der Waals surface area (Å²) in [6.07, 6.45) is 0.300. The highest BCUT2D eigenvalue weighted by molar-refractivity contribution is 6.31. The van der Waals surface area contributed by atoms with Gasteiger partial charge in [-0.1, -0.05) is 29.8 Å². The molecule has 1 N–H and O–H groups in total. The number of rotatable bonds is 1. The van der Waals surface area contributed by atoms with Crippen LogP contribution < -0.4 is 5.32 Å². The summed E-state index contributed by atoms with van der Waals surface area (Å²) < 4.78 is 5.58. The van der Waals surface area contributed by atoms with Crippen LogP contribution in [0, 0.1) is 0 Å². The Morgan fingerprint density at radius 2 is 2.21 bits per heavy atom. The summed E-state index contributed by atoms with van der Waals surface area (Å²) in [6.45, 7) is 3.65. The van der Waals surface area contributed by atoms with Crippen LogP contribution in [0.1, 0.15) is 18.5 Å². The monoisotopic (exact) mass is 211 g/mol. The van der Waals surface area contributed by atoms with Gasteiger partial charge in [0, 0.05) is 11.6 Å². The fourth-order valence-electron chi connectivity index (χ4n) is 1.64. The van der Waals surface area contributed by atoms with Gasteiger partial charge in [0.25, 0.3) is 0 Å². The lowest BCUT2D eigenvalue weighted by molar-refractivity contribution is 0.0149. The molecule has 2 nitrogen and oxygen atoms in total. The molecule has 1 aliphatic heterocycles. The van der Waals surface area contributed by atoms with E-state index < -0.39 is 0 Å². The van der Waals surface area contributed by atoms with Gasteiger partial charge < -0.3 is 10.1 Å². The molecule has 0 amide bonds. The van der Waals surface area contributed by atoms with E-state index in [1.807, 2.05) is 24.3 Å². The zero-order chi connectivity index (χ0) is 9.97. The molecule has 1 fully saturated rings. The van der Waals surface area contributed by atoms with Crippen LogP contribution >= 0.6 is 11.6 Å². The first kappa shape index (κ1) is 9.97. The summed E-state index contributed by atoms with van der Waals surface area (Å²) in [4.78, 5) is 0. The van der Waals surface area contributed by atoms with Crippen molar-refractivity contribution < 1.29 is 4.74 Å². The Hall–Kier alpha value is -0.570. The molecule has 1 aromatic rings. The topological polar surface area (TPSA) is 21.3 Å². The van der Waals surface area contributed by atoms with Crippen LogP contribution in [0.25, 0.3) is 0 Å². The first-order valence-corrected chi connectivity index (χ1v) is 5.24. The molecular weight excluding hydrogens is 198 g/mol. The van der Waals surface area contributed by atoms with Crippen molar-refractivity contribution in [2.75, 3.05) is 13.2 Å². The average molecular weight is 212 g/mol. The molecule has 0 bridgehead atoms. The van der Waals surface area contributed by atoms with Crippen LogP contribution in [0.5, 0.6) is 0 Å². The Labute approximate surface area is 89.2 Å². The number of hydrogen-bond donors (Lipinski definition) is 1. The van der Waals surface area contributed by atoms with Crippen molar-refractivity contribution in [2.45, 2.75) is 19.1 Å². The predicted molar refractivity (Wildman–Crippen MR) is 57.6 cm³/mol. The minimum absolute atomic E-state index is 0.236. The molecule has 0 radical (unpaired) electrons. The van der Waals surface area contributed by atoms with Gasteiger partial charge in [0.15, 0.2) is 0 Å². The van der Waals surface area contributed by atoms with Crippen molar-refractivity contribution >= 4 is 11.6 Å². The van der Waals surface area contributed by atoms with Gasteiger partial charge in [-0.25, -0.2) is 0 Å². The van der Waals surface area contributed by atoms with Crippen LogP contribution in [0.3, 0.4) is 0 Å². The second kappa shape index (κ2) is 4.30. The zero-order valence-electron chi connectivity index (χ0n) is 8.16. The van der Waals surface area contributed by atoms with Crippen molar-refractivity contribution in [3.63, 3.8) is 0 Å². The zero-order valence-corrected chi connectivity index (χ0v) is 8.92. The van der Waals surface area contributed by atoms with Gasteiger partial charge >= 0.3 is 0 Å². The highest BCUT2D eigenvalue weighted by Crippen LogP contribution is 2.24. The number of morpholine rings is 1. The van der Waals surface area contributed by atoms with E-state index in [9.17, 15) is 0 Å². The Morgan fingerprint density at radius 3 is 2.86 bits per heavy atom. The van der Waals surface area contributed by atoms with E-state index in [1.165, 1.54) is 0 Å². The molecule has 76 valence electrons. The second-order valence-electron chi connectivity index (χ2n) is 3.63. The summed E-state index contributed by atoms with van der Waals surface area (Å²) in [5.41, 5.74) is 1.13. The van der Waals surface area contributed by atoms with E-state index >= 15 is 0 Å². The molecule has 0 saturated carbocycles. The van der Waals surface area contributed by atoms with Crippen molar-refractivity contribution in [1.29, 1.82) is 0 Å². The Kier molecular flexibility index (Phi) is 3.06. The SMILES string of the molecule is C[C@@H]1CN[C@H](c2ccccc2Cl)CO1. The van der Waals surface area contributed by atoms with Crippen LogP contribution in [0.4, 0.5) is 0 Å². The van der Waals surface area contributed by atoms with Gasteiger partial charge in [-0.15, -0.1) is 0 Å². The van der Waals surface area contributed by atoms with E-state index in [-0.39, 0.29) is 6.04 Å². The molecule has 2 atom stereocenters. The molecule has 14 heavy (non-hydrogen) atoms. The lowest BCUT2D eigenvalue weighted by atomic mass is 10.1. The van der Waals surface area contributed by atoms with Gasteiger partial charge in [0.1, 0.15) is 0 Å². The molecule has 3 heteroatoms. The van der Waals surface area contributed by atoms with Crippen molar-refractivity contribution in [3.8, 4) is 0 Å². The molecule has 2 rings (SSSR count). The molecule has 0 aliphatic carbocycles. The summed E-state index contributed by atoms with van der Waals surface area (Å²) in [6, 6.07) is 8.13. The van der Waals surface area contributed by atoms with Crippen molar-refractivity contribution in [1.82, 2.24) is 5.32 Å². The van der Waals surface area contributed by atoms with E-state index in [1.54, 1.807) is 0 Å². The van der Waals surface area contributed by atoms with Crippen LogP contribution in [-0.2, 0) is 4.74 Å². The first-order valence-electron chi connectivity index (χ1n) is 4.87. The summed E-state index contributed by atoms with van der Waals surface area (Å²) in [7, 11) is 0. The van der Waals surface area contributed by atoms with Crippen LogP contribution in [-0.4, -0.2) is 19.3 Å². The lowest BCUT2D eigenvalue weighted by Crippen LogP contribution is -2.39.